The van der Waals surface area contributed by atoms with Crippen LogP contribution >= 0.6 is 11.6 Å². The molecule has 0 radical (unpaired) electrons. The number of hydrogen-bond donors (Lipinski definition) is 0. The highest BCUT2D eigenvalue weighted by atomic mass is 35.5. The van der Waals surface area contributed by atoms with Crippen molar-refractivity contribution in [1.82, 2.24) is 9.96 Å². The lowest BCUT2D eigenvalue weighted by Gasteiger charge is -2.36. The first-order valence-electron chi connectivity index (χ1n) is 9.86. The van der Waals surface area contributed by atoms with Gasteiger partial charge in [0, 0.05) is 29.6 Å². The molecule has 1 fully saturated rings. The average molecular weight is 427 g/mol. The third-order valence-electron chi connectivity index (χ3n) is 6.15. The zero-order valence-electron chi connectivity index (χ0n) is 17.1. The molecule has 0 saturated heterocycles. The van der Waals surface area contributed by atoms with Crippen molar-refractivity contribution in [3.8, 4) is 0 Å². The maximum absolute atomic E-state index is 13.5. The van der Waals surface area contributed by atoms with E-state index in [2.05, 4.69) is 0 Å². The summed E-state index contributed by atoms with van der Waals surface area (Å²) in [4.78, 5) is 45.4. The third-order valence-corrected chi connectivity index (χ3v) is 6.38. The number of carbonyl (C=O) groups is 3. The molecule has 1 aliphatic carbocycles. The summed E-state index contributed by atoms with van der Waals surface area (Å²) in [6, 6.07) is 11.7. The Bertz CT molecular complexity index is 1030. The van der Waals surface area contributed by atoms with Gasteiger partial charge in [0.25, 0.3) is 11.8 Å². The monoisotopic (exact) mass is 426 g/mol. The quantitative estimate of drug-likeness (QED) is 0.700. The molecule has 0 N–H and O–H groups in total. The third kappa shape index (κ3) is 3.30. The molecule has 2 aromatic carbocycles. The molecule has 30 heavy (non-hydrogen) atoms. The molecule has 1 heterocycles. The Morgan fingerprint density at radius 1 is 1.17 bits per heavy atom. The highest BCUT2D eigenvalue weighted by Gasteiger charge is 2.55. The number of benzene rings is 2. The van der Waals surface area contributed by atoms with Crippen LogP contribution in [0.4, 0.5) is 0 Å². The number of halogens is 1. The van der Waals surface area contributed by atoms with E-state index in [-0.39, 0.29) is 24.0 Å². The SMILES string of the molecule is CON(C)C(=O)c1ccc(C2(N3C(=O)c4ccc(Cl)cc4CC(=O)C3C)CC2)cc1. The molecule has 2 aliphatic rings. The normalized spacial score (nSPS) is 19.9. The number of nitrogens with zero attached hydrogens (tertiary/aromatic N) is 2. The van der Waals surface area contributed by atoms with Crippen LogP contribution in [0.25, 0.3) is 0 Å². The Morgan fingerprint density at radius 3 is 2.43 bits per heavy atom. The van der Waals surface area contributed by atoms with Gasteiger partial charge in [-0.2, -0.15) is 0 Å². The minimum atomic E-state index is -0.549. The lowest BCUT2D eigenvalue weighted by molar-refractivity contribution is -0.123. The van der Waals surface area contributed by atoms with Gasteiger partial charge in [-0.15, -0.1) is 0 Å². The van der Waals surface area contributed by atoms with Gasteiger partial charge in [-0.25, -0.2) is 5.06 Å². The summed E-state index contributed by atoms with van der Waals surface area (Å²) in [7, 11) is 2.98. The number of rotatable bonds is 4. The molecule has 1 saturated carbocycles. The van der Waals surface area contributed by atoms with Crippen LogP contribution in [0.15, 0.2) is 42.5 Å². The largest absolute Gasteiger partial charge is 0.319 e. The number of amides is 2. The molecule has 0 spiro atoms. The lowest BCUT2D eigenvalue weighted by atomic mass is 9.98. The number of carbonyl (C=O) groups excluding carboxylic acids is 3. The summed E-state index contributed by atoms with van der Waals surface area (Å²) >= 11 is 6.09. The predicted octanol–water partition coefficient (Wildman–Crippen LogP) is 3.62. The first-order valence-corrected chi connectivity index (χ1v) is 10.2. The van der Waals surface area contributed by atoms with Crippen LogP contribution < -0.4 is 0 Å². The molecule has 2 aromatic rings. The smallest absolute Gasteiger partial charge is 0.277 e. The van der Waals surface area contributed by atoms with Crippen LogP contribution in [-0.4, -0.2) is 47.8 Å². The van der Waals surface area contributed by atoms with Crippen molar-refractivity contribution in [2.45, 2.75) is 37.8 Å². The van der Waals surface area contributed by atoms with Crippen molar-refractivity contribution in [3.05, 3.63) is 69.7 Å². The summed E-state index contributed by atoms with van der Waals surface area (Å²) in [5.74, 6) is -0.421. The Balaban J connectivity index is 1.71. The molecule has 0 aromatic heterocycles. The van der Waals surface area contributed by atoms with Crippen LogP contribution in [0.3, 0.4) is 0 Å². The molecule has 7 heteroatoms. The summed E-state index contributed by atoms with van der Waals surface area (Å²) in [5, 5.41) is 1.67. The van der Waals surface area contributed by atoms with Crippen molar-refractivity contribution in [1.29, 1.82) is 0 Å². The van der Waals surface area contributed by atoms with Crippen LogP contribution in [0, 0.1) is 0 Å². The van der Waals surface area contributed by atoms with Gasteiger partial charge in [0.05, 0.1) is 18.7 Å². The van der Waals surface area contributed by atoms with E-state index in [1.807, 2.05) is 12.1 Å². The van der Waals surface area contributed by atoms with Crippen LogP contribution in [-0.2, 0) is 21.6 Å². The van der Waals surface area contributed by atoms with Gasteiger partial charge in [-0.3, -0.25) is 19.2 Å². The number of hydrogen-bond acceptors (Lipinski definition) is 4. The minimum absolute atomic E-state index is 0.0100. The fourth-order valence-electron chi connectivity index (χ4n) is 4.24. The van der Waals surface area contributed by atoms with Gasteiger partial charge in [0.15, 0.2) is 5.78 Å². The highest BCUT2D eigenvalue weighted by molar-refractivity contribution is 6.30. The van der Waals surface area contributed by atoms with Crippen LogP contribution in [0.1, 0.15) is 51.6 Å². The summed E-state index contributed by atoms with van der Waals surface area (Å²) in [6.07, 6.45) is 1.72. The molecule has 6 nitrogen and oxygen atoms in total. The standard InChI is InChI=1S/C23H23ClN2O4/c1-14-20(27)13-16-12-18(24)8-9-19(16)22(29)26(14)23(10-11-23)17-6-4-15(5-7-17)21(28)25(2)30-3/h4-9,12,14H,10-11,13H2,1-3H3. The van der Waals surface area contributed by atoms with Gasteiger partial charge in [0.2, 0.25) is 0 Å². The molecule has 0 bridgehead atoms. The lowest BCUT2D eigenvalue weighted by Crippen LogP contribution is -2.48. The maximum Gasteiger partial charge on any atom is 0.277 e. The second-order valence-corrected chi connectivity index (χ2v) is 8.33. The number of hydroxylamine groups is 2. The van der Waals surface area contributed by atoms with Crippen molar-refractivity contribution in [2.75, 3.05) is 14.2 Å². The second kappa shape index (κ2) is 7.52. The van der Waals surface area contributed by atoms with E-state index < -0.39 is 11.6 Å². The van der Waals surface area contributed by atoms with E-state index >= 15 is 0 Å². The predicted molar refractivity (Wildman–Crippen MR) is 112 cm³/mol. The zero-order chi connectivity index (χ0) is 21.6. The van der Waals surface area contributed by atoms with Crippen molar-refractivity contribution >= 4 is 29.2 Å². The fourth-order valence-corrected chi connectivity index (χ4v) is 4.44. The number of Topliss-reactive ketones (excluding diaryl/α,β-unsaturated/α-hetero) is 1. The summed E-state index contributed by atoms with van der Waals surface area (Å²) < 4.78 is 0. The van der Waals surface area contributed by atoms with Gasteiger partial charge in [0.1, 0.15) is 0 Å². The molecule has 1 unspecified atom stereocenters. The molecule has 2 amide bonds. The van der Waals surface area contributed by atoms with Crippen LogP contribution in [0.5, 0.6) is 0 Å². The van der Waals surface area contributed by atoms with Gasteiger partial charge in [-0.1, -0.05) is 23.7 Å². The van der Waals surface area contributed by atoms with E-state index in [0.717, 1.165) is 23.5 Å². The van der Waals surface area contributed by atoms with Gasteiger partial charge >= 0.3 is 0 Å². The molecule has 4 rings (SSSR count). The second-order valence-electron chi connectivity index (χ2n) is 7.89. The zero-order valence-corrected chi connectivity index (χ0v) is 17.9. The molecule has 156 valence electrons. The van der Waals surface area contributed by atoms with Gasteiger partial charge in [-0.05, 0) is 61.2 Å². The van der Waals surface area contributed by atoms with E-state index in [4.69, 9.17) is 16.4 Å². The Morgan fingerprint density at radius 2 is 1.83 bits per heavy atom. The molecular formula is C23H23ClN2O4. The van der Waals surface area contributed by atoms with Gasteiger partial charge < -0.3 is 4.90 Å². The number of fused-ring (bicyclic) bond motifs is 1. The Hall–Kier alpha value is -2.70. The molecule has 1 atom stereocenters. The molecule has 1 aliphatic heterocycles. The first-order chi connectivity index (χ1) is 14.3. The average Bonchev–Trinajstić information content (AvgIpc) is 3.54. The van der Waals surface area contributed by atoms with E-state index in [0.29, 0.717) is 21.7 Å². The maximum atomic E-state index is 13.5. The Kier molecular flexibility index (Phi) is 5.16. The molecular weight excluding hydrogens is 404 g/mol. The topological polar surface area (TPSA) is 66.9 Å². The Labute approximate surface area is 180 Å². The summed E-state index contributed by atoms with van der Waals surface area (Å²) in [6.45, 7) is 1.79. The van der Waals surface area contributed by atoms with Crippen molar-refractivity contribution in [2.24, 2.45) is 0 Å². The highest BCUT2D eigenvalue weighted by Crippen LogP contribution is 2.53. The van der Waals surface area contributed by atoms with Crippen molar-refractivity contribution < 1.29 is 19.2 Å². The number of ketones is 1. The van der Waals surface area contributed by atoms with E-state index in [1.165, 1.54) is 7.11 Å². The minimum Gasteiger partial charge on any atom is -0.319 e. The summed E-state index contributed by atoms with van der Waals surface area (Å²) in [5.41, 5.74) is 2.07. The van der Waals surface area contributed by atoms with E-state index in [1.54, 1.807) is 49.2 Å². The van der Waals surface area contributed by atoms with Crippen molar-refractivity contribution in [3.63, 3.8) is 0 Å². The fraction of sp³-hybridized carbons (Fsp3) is 0.348. The first kappa shape index (κ1) is 20.6. The van der Waals surface area contributed by atoms with Crippen LogP contribution in [0.2, 0.25) is 5.02 Å². The van der Waals surface area contributed by atoms with E-state index in [9.17, 15) is 14.4 Å².